The van der Waals surface area contributed by atoms with Crippen molar-refractivity contribution >= 4 is 22.9 Å². The maximum absolute atomic E-state index is 9.19. The van der Waals surface area contributed by atoms with E-state index in [0.29, 0.717) is 10.6 Å². The van der Waals surface area contributed by atoms with Crippen LogP contribution in [0.3, 0.4) is 0 Å². The van der Waals surface area contributed by atoms with Gasteiger partial charge in [0.25, 0.3) is 0 Å². The summed E-state index contributed by atoms with van der Waals surface area (Å²) in [5, 5.41) is 13.0. The van der Waals surface area contributed by atoms with Crippen molar-refractivity contribution < 1.29 is 0 Å². The van der Waals surface area contributed by atoms with Crippen molar-refractivity contribution in [2.75, 3.05) is 5.32 Å². The number of rotatable bonds is 3. The lowest BCUT2D eigenvalue weighted by molar-refractivity contribution is 1.45. The smallest absolute Gasteiger partial charge is 0.101 e. The number of hydrogen-bond acceptors (Lipinski definition) is 2. The molecule has 0 amide bonds. The molecule has 0 aliphatic heterocycles. The molecule has 0 spiro atoms. The van der Waals surface area contributed by atoms with Crippen LogP contribution in [0, 0.1) is 18.3 Å². The monoisotopic (exact) mass is 268 g/mol. The van der Waals surface area contributed by atoms with Crippen molar-refractivity contribution in [2.45, 2.75) is 6.92 Å². The summed E-state index contributed by atoms with van der Waals surface area (Å²) >= 11 is 5.83. The van der Waals surface area contributed by atoms with Gasteiger partial charge in [0.05, 0.1) is 5.57 Å². The summed E-state index contributed by atoms with van der Waals surface area (Å²) in [5.74, 6) is 0. The summed E-state index contributed by atoms with van der Waals surface area (Å²) in [4.78, 5) is 0. The number of halogens is 1. The van der Waals surface area contributed by atoms with Gasteiger partial charge in [-0.05, 0) is 42.3 Å². The number of nitriles is 1. The molecular formula is C16H13ClN2. The van der Waals surface area contributed by atoms with Crippen LogP contribution in [0.15, 0.2) is 54.7 Å². The van der Waals surface area contributed by atoms with Crippen molar-refractivity contribution in [1.82, 2.24) is 0 Å². The minimum absolute atomic E-state index is 0.568. The Morgan fingerprint density at radius 2 is 1.95 bits per heavy atom. The number of nitrogens with one attached hydrogen (secondary N) is 1. The quantitative estimate of drug-likeness (QED) is 0.824. The van der Waals surface area contributed by atoms with E-state index in [1.54, 1.807) is 18.3 Å². The molecule has 94 valence electrons. The van der Waals surface area contributed by atoms with Crippen LogP contribution < -0.4 is 5.32 Å². The Morgan fingerprint density at radius 3 is 2.58 bits per heavy atom. The van der Waals surface area contributed by atoms with E-state index >= 15 is 0 Å². The van der Waals surface area contributed by atoms with E-state index in [1.807, 2.05) is 43.3 Å². The van der Waals surface area contributed by atoms with Gasteiger partial charge in [0.1, 0.15) is 6.07 Å². The highest BCUT2D eigenvalue weighted by Gasteiger charge is 2.00. The Kier molecular flexibility index (Phi) is 4.22. The van der Waals surface area contributed by atoms with Crippen molar-refractivity contribution in [3.8, 4) is 6.07 Å². The molecule has 0 saturated carbocycles. The van der Waals surface area contributed by atoms with Crippen LogP contribution in [0.2, 0.25) is 5.02 Å². The van der Waals surface area contributed by atoms with Crippen LogP contribution >= 0.6 is 11.6 Å². The standard InChI is InChI=1S/C16H13ClN2/c1-12-3-2-4-16(9-12)19-11-14(10-18)13-5-7-15(17)8-6-13/h2-9,11,19H,1H3. The molecule has 2 aromatic carbocycles. The molecule has 2 nitrogen and oxygen atoms in total. The summed E-state index contributed by atoms with van der Waals surface area (Å²) < 4.78 is 0. The molecule has 19 heavy (non-hydrogen) atoms. The summed E-state index contributed by atoms with van der Waals surface area (Å²) in [6.07, 6.45) is 1.71. The molecule has 0 aromatic heterocycles. The van der Waals surface area contributed by atoms with Gasteiger partial charge in [0, 0.05) is 16.9 Å². The van der Waals surface area contributed by atoms with Crippen LogP contribution in [-0.4, -0.2) is 0 Å². The van der Waals surface area contributed by atoms with Gasteiger partial charge < -0.3 is 5.32 Å². The molecular weight excluding hydrogens is 256 g/mol. The third kappa shape index (κ3) is 3.61. The highest BCUT2D eigenvalue weighted by atomic mass is 35.5. The number of anilines is 1. The molecule has 0 atom stereocenters. The maximum atomic E-state index is 9.19. The minimum atomic E-state index is 0.568. The fourth-order valence-electron chi connectivity index (χ4n) is 1.70. The molecule has 0 radical (unpaired) electrons. The Morgan fingerprint density at radius 1 is 1.21 bits per heavy atom. The second-order valence-corrected chi connectivity index (χ2v) is 4.63. The Labute approximate surface area is 118 Å². The Bertz CT molecular complexity index is 637. The van der Waals surface area contributed by atoms with Gasteiger partial charge >= 0.3 is 0 Å². The fraction of sp³-hybridized carbons (Fsp3) is 0.0625. The van der Waals surface area contributed by atoms with E-state index in [-0.39, 0.29) is 0 Å². The van der Waals surface area contributed by atoms with Gasteiger partial charge in [-0.15, -0.1) is 0 Å². The zero-order valence-corrected chi connectivity index (χ0v) is 11.3. The first-order valence-electron chi connectivity index (χ1n) is 5.88. The third-order valence-electron chi connectivity index (χ3n) is 2.68. The third-order valence-corrected chi connectivity index (χ3v) is 2.93. The lowest BCUT2D eigenvalue weighted by Gasteiger charge is -2.04. The van der Waals surface area contributed by atoms with Crippen LogP contribution in [-0.2, 0) is 0 Å². The molecule has 0 bridgehead atoms. The number of aryl methyl sites for hydroxylation is 1. The van der Waals surface area contributed by atoms with Crippen molar-refractivity contribution in [3.05, 3.63) is 70.9 Å². The van der Waals surface area contributed by atoms with E-state index in [1.165, 1.54) is 5.56 Å². The average Bonchev–Trinajstić information content (AvgIpc) is 2.41. The van der Waals surface area contributed by atoms with E-state index in [4.69, 9.17) is 11.6 Å². The number of allylic oxidation sites excluding steroid dienone is 1. The first kappa shape index (κ1) is 13.2. The lowest BCUT2D eigenvalue weighted by Crippen LogP contribution is -1.91. The predicted octanol–water partition coefficient (Wildman–Crippen LogP) is 4.63. The average molecular weight is 269 g/mol. The van der Waals surface area contributed by atoms with Crippen LogP contribution in [0.5, 0.6) is 0 Å². The molecule has 2 rings (SSSR count). The summed E-state index contributed by atoms with van der Waals surface area (Å²) in [7, 11) is 0. The second-order valence-electron chi connectivity index (χ2n) is 4.19. The van der Waals surface area contributed by atoms with Gasteiger partial charge in [0.15, 0.2) is 0 Å². The Hall–Kier alpha value is -2.24. The van der Waals surface area contributed by atoms with Gasteiger partial charge in [-0.25, -0.2) is 0 Å². The van der Waals surface area contributed by atoms with E-state index < -0.39 is 0 Å². The fourth-order valence-corrected chi connectivity index (χ4v) is 1.83. The predicted molar refractivity (Wildman–Crippen MR) is 79.8 cm³/mol. The van der Waals surface area contributed by atoms with Crippen LogP contribution in [0.1, 0.15) is 11.1 Å². The molecule has 0 saturated heterocycles. The van der Waals surface area contributed by atoms with E-state index in [2.05, 4.69) is 11.4 Å². The van der Waals surface area contributed by atoms with Gasteiger partial charge in [0.2, 0.25) is 0 Å². The molecule has 0 aliphatic carbocycles. The molecule has 0 unspecified atom stereocenters. The SMILES string of the molecule is Cc1cccc(NC=C(C#N)c2ccc(Cl)cc2)c1. The summed E-state index contributed by atoms with van der Waals surface area (Å²) in [5.41, 5.74) is 3.54. The lowest BCUT2D eigenvalue weighted by atomic mass is 10.1. The molecule has 0 heterocycles. The number of benzene rings is 2. The van der Waals surface area contributed by atoms with Crippen molar-refractivity contribution in [2.24, 2.45) is 0 Å². The highest BCUT2D eigenvalue weighted by Crippen LogP contribution is 2.18. The van der Waals surface area contributed by atoms with Crippen LogP contribution in [0.4, 0.5) is 5.69 Å². The maximum Gasteiger partial charge on any atom is 0.101 e. The molecule has 1 N–H and O–H groups in total. The molecule has 2 aromatic rings. The minimum Gasteiger partial charge on any atom is -0.360 e. The molecule has 3 heteroatoms. The van der Waals surface area contributed by atoms with E-state index in [9.17, 15) is 5.26 Å². The first-order chi connectivity index (χ1) is 9.19. The highest BCUT2D eigenvalue weighted by molar-refractivity contribution is 6.30. The zero-order chi connectivity index (χ0) is 13.7. The van der Waals surface area contributed by atoms with Gasteiger partial charge in [-0.3, -0.25) is 0 Å². The van der Waals surface area contributed by atoms with Crippen LogP contribution in [0.25, 0.3) is 5.57 Å². The summed E-state index contributed by atoms with van der Waals surface area (Å²) in [6, 6.07) is 17.4. The number of hydrogen-bond donors (Lipinski definition) is 1. The van der Waals surface area contributed by atoms with Crippen molar-refractivity contribution in [3.63, 3.8) is 0 Å². The normalized spacial score (nSPS) is 10.9. The first-order valence-corrected chi connectivity index (χ1v) is 6.26. The molecule has 0 aliphatic rings. The second kappa shape index (κ2) is 6.08. The van der Waals surface area contributed by atoms with Crippen molar-refractivity contribution in [1.29, 1.82) is 5.26 Å². The van der Waals surface area contributed by atoms with E-state index in [0.717, 1.165) is 11.3 Å². The number of nitrogens with zero attached hydrogens (tertiary/aromatic N) is 1. The van der Waals surface area contributed by atoms with Gasteiger partial charge in [-0.2, -0.15) is 5.26 Å². The topological polar surface area (TPSA) is 35.8 Å². The zero-order valence-electron chi connectivity index (χ0n) is 10.5. The summed E-state index contributed by atoms with van der Waals surface area (Å²) in [6.45, 7) is 2.03. The Balaban J connectivity index is 2.21. The largest absolute Gasteiger partial charge is 0.360 e. The molecule has 0 fully saturated rings. The van der Waals surface area contributed by atoms with Gasteiger partial charge in [-0.1, -0.05) is 35.9 Å².